The van der Waals surface area contributed by atoms with E-state index in [-0.39, 0.29) is 30.7 Å². The van der Waals surface area contributed by atoms with E-state index in [1.54, 1.807) is 5.32 Å². The number of amides is 1. The zero-order valence-electron chi connectivity index (χ0n) is 10.9. The highest BCUT2D eigenvalue weighted by Crippen LogP contribution is 2.06. The summed E-state index contributed by atoms with van der Waals surface area (Å²) in [7, 11) is 0. The fraction of sp³-hybridized carbons (Fsp3) is 0.462. The zero-order chi connectivity index (χ0) is 12.1. The fourth-order valence-corrected chi connectivity index (χ4v) is 2.20. The molecule has 5 N–H and O–H groups in total. The van der Waals surface area contributed by atoms with Gasteiger partial charge in [-0.25, -0.2) is 4.79 Å². The van der Waals surface area contributed by atoms with Gasteiger partial charge >= 0.3 is 5.91 Å². The Balaban J connectivity index is 0.00000162. The van der Waals surface area contributed by atoms with E-state index in [9.17, 15) is 4.79 Å². The number of likely N-dealkylation sites (tertiary alicyclic amines) is 1. The van der Waals surface area contributed by atoms with Crippen molar-refractivity contribution in [2.24, 2.45) is 0 Å². The number of rotatable bonds is 3. The number of primary amides is 1. The summed E-state index contributed by atoms with van der Waals surface area (Å²) in [5.41, 5.74) is 5.47. The Labute approximate surface area is 126 Å². The Morgan fingerprint density at radius 2 is 1.89 bits per heavy atom. The normalized spacial score (nSPS) is 15.2. The quantitative estimate of drug-likeness (QED) is 0.584. The molecule has 0 atom stereocenters. The Hall–Kier alpha value is -0.650. The van der Waals surface area contributed by atoms with Crippen LogP contribution in [-0.2, 0) is 0 Å². The molecule has 0 aliphatic carbocycles. The Kier molecular flexibility index (Phi) is 8.97. The average molecular weight is 306 g/mol. The lowest BCUT2D eigenvalue weighted by Gasteiger charge is -2.23. The van der Waals surface area contributed by atoms with Crippen molar-refractivity contribution in [3.63, 3.8) is 0 Å². The van der Waals surface area contributed by atoms with Gasteiger partial charge in [-0.15, -0.1) is 0 Å². The summed E-state index contributed by atoms with van der Waals surface area (Å²) in [5.74, 6) is 0.112. The van der Waals surface area contributed by atoms with Gasteiger partial charge in [-0.1, -0.05) is 12.5 Å². The number of carbonyl (C=O) groups is 1. The SMILES string of the molecule is [Cl-].[Cl-].[NH3+]c1cccc(C(=O)[NH2+]CN2CCCCC2)c1. The molecule has 0 aromatic heterocycles. The third-order valence-electron chi connectivity index (χ3n) is 3.20. The summed E-state index contributed by atoms with van der Waals surface area (Å²) in [6.07, 6.45) is 3.85. The van der Waals surface area contributed by atoms with Gasteiger partial charge in [0.15, 0.2) is 0 Å². The maximum Gasteiger partial charge on any atom is 0.343 e. The van der Waals surface area contributed by atoms with Crippen LogP contribution in [0.15, 0.2) is 24.3 Å². The molecule has 1 fully saturated rings. The summed E-state index contributed by atoms with van der Waals surface area (Å²) in [5, 5.41) is 1.79. The molecular formula is C13H21Cl2N3O. The highest BCUT2D eigenvalue weighted by atomic mass is 35.5. The lowest BCUT2D eigenvalue weighted by atomic mass is 10.1. The molecule has 1 heterocycles. The van der Waals surface area contributed by atoms with Crippen molar-refractivity contribution >= 4 is 11.6 Å². The number of hydrogen-bond acceptors (Lipinski definition) is 2. The van der Waals surface area contributed by atoms with Crippen LogP contribution < -0.4 is 35.9 Å². The van der Waals surface area contributed by atoms with Crippen molar-refractivity contribution in [2.45, 2.75) is 19.3 Å². The number of nitrogens with two attached hydrogens (primary N) is 1. The summed E-state index contributed by atoms with van der Waals surface area (Å²) in [6, 6.07) is 7.48. The molecular weight excluding hydrogens is 285 g/mol. The second kappa shape index (κ2) is 9.28. The van der Waals surface area contributed by atoms with E-state index in [0.29, 0.717) is 0 Å². The summed E-state index contributed by atoms with van der Waals surface area (Å²) < 4.78 is 0. The van der Waals surface area contributed by atoms with Crippen LogP contribution in [0, 0.1) is 0 Å². The summed E-state index contributed by atoms with van der Waals surface area (Å²) in [6.45, 7) is 3.03. The molecule has 108 valence electrons. The highest BCUT2D eigenvalue weighted by molar-refractivity contribution is 5.87. The molecule has 4 nitrogen and oxygen atoms in total. The molecule has 0 bridgehead atoms. The first-order valence-corrected chi connectivity index (χ1v) is 6.27. The zero-order valence-corrected chi connectivity index (χ0v) is 12.5. The van der Waals surface area contributed by atoms with E-state index < -0.39 is 0 Å². The Morgan fingerprint density at radius 1 is 1.21 bits per heavy atom. The molecule has 1 amide bonds. The van der Waals surface area contributed by atoms with Crippen LogP contribution in [-0.4, -0.2) is 30.6 Å². The number of carbonyl (C=O) groups excluding carboxylic acids is 1. The van der Waals surface area contributed by atoms with E-state index >= 15 is 0 Å². The molecule has 2 rings (SSSR count). The van der Waals surface area contributed by atoms with Crippen molar-refractivity contribution in [3.8, 4) is 0 Å². The average Bonchev–Trinajstić information content (AvgIpc) is 2.37. The van der Waals surface area contributed by atoms with Gasteiger partial charge in [0.05, 0.1) is 5.56 Å². The minimum absolute atomic E-state index is 0. The Bertz CT molecular complexity index is 395. The molecule has 1 saturated heterocycles. The highest BCUT2D eigenvalue weighted by Gasteiger charge is 2.15. The molecule has 1 aliphatic rings. The van der Waals surface area contributed by atoms with E-state index in [2.05, 4.69) is 10.6 Å². The molecule has 0 radical (unpaired) electrons. The first-order chi connectivity index (χ1) is 8.25. The number of benzene rings is 1. The second-order valence-corrected chi connectivity index (χ2v) is 4.63. The standard InChI is InChI=1S/C13H19N3O.2ClH/c14-12-6-4-5-11(9-12)13(17)15-10-16-7-2-1-3-8-16;;/h4-6,9H,1-3,7-8,10,14H2,(H,15,17);2*1H. The molecule has 0 unspecified atom stereocenters. The number of hydrogen-bond donors (Lipinski definition) is 2. The third kappa shape index (κ3) is 5.89. The molecule has 19 heavy (non-hydrogen) atoms. The largest absolute Gasteiger partial charge is 1.00 e. The topological polar surface area (TPSA) is 64.6 Å². The first-order valence-electron chi connectivity index (χ1n) is 6.27. The van der Waals surface area contributed by atoms with Gasteiger partial charge in [0.1, 0.15) is 12.4 Å². The minimum Gasteiger partial charge on any atom is -1.00 e. The fourth-order valence-electron chi connectivity index (χ4n) is 2.20. The summed E-state index contributed by atoms with van der Waals surface area (Å²) in [4.78, 5) is 14.3. The first kappa shape index (κ1) is 18.4. The van der Waals surface area contributed by atoms with E-state index in [0.717, 1.165) is 31.0 Å². The van der Waals surface area contributed by atoms with E-state index in [4.69, 9.17) is 0 Å². The van der Waals surface area contributed by atoms with Gasteiger partial charge in [0, 0.05) is 19.2 Å². The predicted molar refractivity (Wildman–Crippen MR) is 65.5 cm³/mol. The van der Waals surface area contributed by atoms with Crippen molar-refractivity contribution in [3.05, 3.63) is 29.8 Å². The Morgan fingerprint density at radius 3 is 2.53 bits per heavy atom. The van der Waals surface area contributed by atoms with Crippen LogP contribution in [0.3, 0.4) is 0 Å². The van der Waals surface area contributed by atoms with Crippen molar-refractivity contribution < 1.29 is 40.7 Å². The van der Waals surface area contributed by atoms with Crippen LogP contribution in [0.5, 0.6) is 0 Å². The minimum atomic E-state index is 0. The molecule has 6 heteroatoms. The molecule has 1 aromatic rings. The second-order valence-electron chi connectivity index (χ2n) is 4.63. The van der Waals surface area contributed by atoms with Crippen LogP contribution in [0.2, 0.25) is 0 Å². The van der Waals surface area contributed by atoms with Crippen LogP contribution in [0.25, 0.3) is 0 Å². The van der Waals surface area contributed by atoms with Crippen molar-refractivity contribution in [1.82, 2.24) is 4.90 Å². The predicted octanol–water partition coefficient (Wildman–Crippen LogP) is -6.28. The molecule has 1 aliphatic heterocycles. The van der Waals surface area contributed by atoms with Crippen LogP contribution >= 0.6 is 0 Å². The van der Waals surface area contributed by atoms with Gasteiger partial charge in [0.25, 0.3) is 0 Å². The monoisotopic (exact) mass is 305 g/mol. The maximum atomic E-state index is 11.9. The number of halogens is 2. The summed E-state index contributed by atoms with van der Waals surface area (Å²) >= 11 is 0. The van der Waals surface area contributed by atoms with Crippen molar-refractivity contribution in [2.75, 3.05) is 19.8 Å². The molecule has 1 aromatic carbocycles. The molecule has 0 spiro atoms. The van der Waals surface area contributed by atoms with E-state index in [1.165, 1.54) is 19.3 Å². The smallest absolute Gasteiger partial charge is 0.343 e. The maximum absolute atomic E-state index is 11.9. The third-order valence-corrected chi connectivity index (χ3v) is 3.20. The van der Waals surface area contributed by atoms with Gasteiger partial charge in [-0.2, -0.15) is 0 Å². The number of nitrogens with zero attached hydrogens (tertiary/aromatic N) is 1. The lowest BCUT2D eigenvalue weighted by molar-refractivity contribution is -0.576. The molecule has 0 saturated carbocycles. The van der Waals surface area contributed by atoms with Crippen LogP contribution in [0.4, 0.5) is 5.69 Å². The van der Waals surface area contributed by atoms with Crippen molar-refractivity contribution in [1.29, 1.82) is 0 Å². The van der Waals surface area contributed by atoms with Crippen LogP contribution in [0.1, 0.15) is 29.6 Å². The number of quaternary nitrogens is 2. The number of piperidine rings is 1. The van der Waals surface area contributed by atoms with Gasteiger partial charge in [-0.3, -0.25) is 10.2 Å². The van der Waals surface area contributed by atoms with Gasteiger partial charge in [0.2, 0.25) is 0 Å². The van der Waals surface area contributed by atoms with E-state index in [1.807, 2.05) is 24.3 Å². The van der Waals surface area contributed by atoms with Gasteiger partial charge < -0.3 is 30.5 Å². The lowest BCUT2D eigenvalue weighted by Crippen LogP contribution is -3.00. The van der Waals surface area contributed by atoms with Gasteiger partial charge in [-0.05, 0) is 25.0 Å².